The fourth-order valence-corrected chi connectivity index (χ4v) is 4.92. The lowest BCUT2D eigenvalue weighted by atomic mass is 9.95. The average molecular weight is 352 g/mol. The van der Waals surface area contributed by atoms with Crippen LogP contribution >= 0.6 is 11.6 Å². The summed E-state index contributed by atoms with van der Waals surface area (Å²) in [5.41, 5.74) is 2.15. The minimum atomic E-state index is -3.57. The fourth-order valence-electron chi connectivity index (χ4n) is 3.00. The van der Waals surface area contributed by atoms with Crippen molar-refractivity contribution in [3.05, 3.63) is 58.6 Å². The molecular weight excluding hydrogens is 334 g/mol. The van der Waals surface area contributed by atoms with Crippen molar-refractivity contribution >= 4 is 21.6 Å². The van der Waals surface area contributed by atoms with Crippen LogP contribution in [0.2, 0.25) is 5.02 Å². The van der Waals surface area contributed by atoms with E-state index in [1.54, 1.807) is 25.3 Å². The van der Waals surface area contributed by atoms with Crippen molar-refractivity contribution in [2.75, 3.05) is 13.7 Å². The minimum absolute atomic E-state index is 0.228. The Morgan fingerprint density at radius 2 is 2.00 bits per heavy atom. The number of nitrogens with zero attached hydrogens (tertiary/aromatic N) is 1. The monoisotopic (exact) mass is 351 g/mol. The standard InChI is InChI=1S/C17H18ClNO3S/c1-12-17-7-6-15(22-2)10-13(17)8-9-19(12)23(20,21)16-5-3-4-14(18)11-16/h3-7,10-12H,8-9H2,1-2H3. The summed E-state index contributed by atoms with van der Waals surface area (Å²) in [5, 5.41) is 0.417. The van der Waals surface area contributed by atoms with Crippen molar-refractivity contribution in [2.45, 2.75) is 24.3 Å². The molecule has 0 saturated carbocycles. The quantitative estimate of drug-likeness (QED) is 0.847. The molecule has 1 unspecified atom stereocenters. The highest BCUT2D eigenvalue weighted by molar-refractivity contribution is 7.89. The first kappa shape index (κ1) is 16.3. The zero-order valence-corrected chi connectivity index (χ0v) is 14.6. The maximum Gasteiger partial charge on any atom is 0.243 e. The van der Waals surface area contributed by atoms with Crippen molar-refractivity contribution in [1.82, 2.24) is 4.31 Å². The van der Waals surface area contributed by atoms with Crippen molar-refractivity contribution in [2.24, 2.45) is 0 Å². The largest absolute Gasteiger partial charge is 0.497 e. The van der Waals surface area contributed by atoms with Crippen molar-refractivity contribution in [3.63, 3.8) is 0 Å². The predicted molar refractivity (Wildman–Crippen MR) is 90.5 cm³/mol. The lowest BCUT2D eigenvalue weighted by Crippen LogP contribution is -2.38. The molecule has 0 fully saturated rings. The van der Waals surface area contributed by atoms with E-state index in [2.05, 4.69) is 0 Å². The Morgan fingerprint density at radius 3 is 2.70 bits per heavy atom. The highest BCUT2D eigenvalue weighted by Gasteiger charge is 2.34. The number of hydrogen-bond acceptors (Lipinski definition) is 3. The third-order valence-corrected chi connectivity index (χ3v) is 6.44. The van der Waals surface area contributed by atoms with E-state index in [9.17, 15) is 8.42 Å². The maximum absolute atomic E-state index is 12.9. The van der Waals surface area contributed by atoms with Gasteiger partial charge in [-0.15, -0.1) is 0 Å². The lowest BCUT2D eigenvalue weighted by molar-refractivity contribution is 0.325. The average Bonchev–Trinajstić information content (AvgIpc) is 2.54. The molecule has 0 saturated heterocycles. The molecule has 1 aliphatic heterocycles. The Labute approximate surface area is 141 Å². The topological polar surface area (TPSA) is 46.6 Å². The second kappa shape index (κ2) is 6.15. The van der Waals surface area contributed by atoms with E-state index < -0.39 is 10.0 Å². The van der Waals surface area contributed by atoms with E-state index in [-0.39, 0.29) is 10.9 Å². The number of ether oxygens (including phenoxy) is 1. The summed E-state index contributed by atoms with van der Waals surface area (Å²) in [5.74, 6) is 0.794. The molecule has 4 nitrogen and oxygen atoms in total. The Morgan fingerprint density at radius 1 is 1.22 bits per heavy atom. The summed E-state index contributed by atoms with van der Waals surface area (Å²) >= 11 is 5.94. The molecule has 0 bridgehead atoms. The van der Waals surface area contributed by atoms with Crippen molar-refractivity contribution in [3.8, 4) is 5.75 Å². The molecule has 2 aromatic carbocycles. The fraction of sp³-hybridized carbons (Fsp3) is 0.294. The van der Waals surface area contributed by atoms with Gasteiger partial charge in [0.2, 0.25) is 10.0 Å². The van der Waals surface area contributed by atoms with Gasteiger partial charge in [-0.2, -0.15) is 4.31 Å². The van der Waals surface area contributed by atoms with E-state index >= 15 is 0 Å². The highest BCUT2D eigenvalue weighted by atomic mass is 35.5. The first-order valence-electron chi connectivity index (χ1n) is 7.37. The van der Waals surface area contributed by atoms with Gasteiger partial charge in [0.15, 0.2) is 0 Å². The van der Waals surface area contributed by atoms with Crippen LogP contribution in [-0.2, 0) is 16.4 Å². The van der Waals surface area contributed by atoms with Crippen LogP contribution in [0.15, 0.2) is 47.4 Å². The van der Waals surface area contributed by atoms with Gasteiger partial charge in [-0.05, 0) is 54.8 Å². The maximum atomic E-state index is 12.9. The second-order valence-electron chi connectivity index (χ2n) is 5.56. The molecular formula is C17H18ClNO3S. The molecule has 0 aliphatic carbocycles. The van der Waals surface area contributed by atoms with Crippen LogP contribution in [-0.4, -0.2) is 26.4 Å². The van der Waals surface area contributed by atoms with Gasteiger partial charge >= 0.3 is 0 Å². The molecule has 1 atom stereocenters. The molecule has 6 heteroatoms. The molecule has 0 amide bonds. The molecule has 0 aromatic heterocycles. The van der Waals surface area contributed by atoms with E-state index in [0.29, 0.717) is 18.0 Å². The molecule has 0 N–H and O–H groups in total. The van der Waals surface area contributed by atoms with Gasteiger partial charge in [0.25, 0.3) is 0 Å². The summed E-state index contributed by atoms with van der Waals surface area (Å²) in [4.78, 5) is 0.230. The molecule has 3 rings (SSSR count). The van der Waals surface area contributed by atoms with Gasteiger partial charge in [-0.3, -0.25) is 0 Å². The second-order valence-corrected chi connectivity index (χ2v) is 7.89. The molecule has 1 heterocycles. The molecule has 0 spiro atoms. The smallest absolute Gasteiger partial charge is 0.243 e. The first-order valence-corrected chi connectivity index (χ1v) is 9.19. The number of halogens is 1. The highest BCUT2D eigenvalue weighted by Crippen LogP contribution is 2.35. The van der Waals surface area contributed by atoms with Crippen molar-refractivity contribution < 1.29 is 13.2 Å². The van der Waals surface area contributed by atoms with Crippen LogP contribution in [0.1, 0.15) is 24.1 Å². The third-order valence-electron chi connectivity index (χ3n) is 4.24. The lowest BCUT2D eigenvalue weighted by Gasteiger charge is -2.34. The van der Waals surface area contributed by atoms with E-state index in [0.717, 1.165) is 16.9 Å². The molecule has 23 heavy (non-hydrogen) atoms. The number of methoxy groups -OCH3 is 1. The van der Waals surface area contributed by atoms with Crippen molar-refractivity contribution in [1.29, 1.82) is 0 Å². The van der Waals surface area contributed by atoms with Crippen LogP contribution in [0.25, 0.3) is 0 Å². The zero-order valence-electron chi connectivity index (χ0n) is 13.0. The van der Waals surface area contributed by atoms with Crippen LogP contribution in [0, 0.1) is 0 Å². The van der Waals surface area contributed by atoms with E-state index in [1.165, 1.54) is 10.4 Å². The van der Waals surface area contributed by atoms with Gasteiger partial charge in [0.1, 0.15) is 5.75 Å². The van der Waals surface area contributed by atoms with Crippen LogP contribution in [0.5, 0.6) is 5.75 Å². The Kier molecular flexibility index (Phi) is 4.36. The van der Waals surface area contributed by atoms with E-state index in [4.69, 9.17) is 16.3 Å². The van der Waals surface area contributed by atoms with Gasteiger partial charge in [-0.25, -0.2) is 8.42 Å². The Bertz CT molecular complexity index is 835. The molecule has 122 valence electrons. The summed E-state index contributed by atoms with van der Waals surface area (Å²) in [7, 11) is -1.95. The van der Waals surface area contributed by atoms with Gasteiger partial charge in [0, 0.05) is 17.6 Å². The zero-order chi connectivity index (χ0) is 16.6. The van der Waals surface area contributed by atoms with Crippen LogP contribution in [0.4, 0.5) is 0 Å². The summed E-state index contributed by atoms with van der Waals surface area (Å²) in [6, 6.07) is 12.0. The van der Waals surface area contributed by atoms with Crippen LogP contribution in [0.3, 0.4) is 0 Å². The number of sulfonamides is 1. The van der Waals surface area contributed by atoms with Gasteiger partial charge in [0.05, 0.1) is 12.0 Å². The SMILES string of the molecule is COc1ccc2c(c1)CCN(S(=O)(=O)c1cccc(Cl)c1)C2C. The summed E-state index contributed by atoms with van der Waals surface area (Å²) in [6.07, 6.45) is 0.663. The predicted octanol–water partition coefficient (Wildman–Crippen LogP) is 3.66. The van der Waals surface area contributed by atoms with Crippen LogP contribution < -0.4 is 4.74 Å². The number of benzene rings is 2. The Hall–Kier alpha value is -1.56. The van der Waals surface area contributed by atoms with Gasteiger partial charge < -0.3 is 4.74 Å². The summed E-state index contributed by atoms with van der Waals surface area (Å²) < 4.78 is 32.6. The molecule has 0 radical (unpaired) electrons. The summed E-state index contributed by atoms with van der Waals surface area (Å²) in [6.45, 7) is 2.35. The molecule has 1 aliphatic rings. The van der Waals surface area contributed by atoms with E-state index in [1.807, 2.05) is 25.1 Å². The molecule has 2 aromatic rings. The Balaban J connectivity index is 1.98. The third kappa shape index (κ3) is 2.96. The number of rotatable bonds is 3. The first-order chi connectivity index (χ1) is 10.9. The normalized spacial score (nSPS) is 18.5. The van der Waals surface area contributed by atoms with Gasteiger partial charge in [-0.1, -0.05) is 23.7 Å². The number of fused-ring (bicyclic) bond motifs is 1. The minimum Gasteiger partial charge on any atom is -0.497 e. The number of hydrogen-bond donors (Lipinski definition) is 0.